The van der Waals surface area contributed by atoms with Crippen molar-refractivity contribution in [1.82, 2.24) is 0 Å². The minimum absolute atomic E-state index is 0.0332. The van der Waals surface area contributed by atoms with E-state index < -0.39 is 52.4 Å². The van der Waals surface area contributed by atoms with E-state index in [-0.39, 0.29) is 41.0 Å². The number of fused-ring (bicyclic) bond motifs is 5. The van der Waals surface area contributed by atoms with E-state index >= 15 is 0 Å². The van der Waals surface area contributed by atoms with Gasteiger partial charge in [-0.25, -0.2) is 9.18 Å². The smallest absolute Gasteiger partial charge is 0.343 e. The summed E-state index contributed by atoms with van der Waals surface area (Å²) in [6.45, 7) is 11.8. The van der Waals surface area contributed by atoms with Crippen molar-refractivity contribution in [2.75, 3.05) is 19.0 Å². The van der Waals surface area contributed by atoms with E-state index in [2.05, 4.69) is 19.2 Å². The van der Waals surface area contributed by atoms with E-state index in [9.17, 15) is 19.4 Å². The second kappa shape index (κ2) is 8.38. The lowest BCUT2D eigenvalue weighted by Gasteiger charge is -2.55. The van der Waals surface area contributed by atoms with Crippen molar-refractivity contribution >= 4 is 11.7 Å². The summed E-state index contributed by atoms with van der Waals surface area (Å²) in [5.41, 5.74) is 3.84. The minimum atomic E-state index is -1.95. The van der Waals surface area contributed by atoms with Gasteiger partial charge in [-0.1, -0.05) is 39.0 Å². The van der Waals surface area contributed by atoms with Crippen LogP contribution in [-0.2, 0) is 14.2 Å². The molecule has 1 aromatic carbocycles. The molecule has 218 valence electrons. The highest BCUT2D eigenvalue weighted by atomic mass is 19.1. The maximum absolute atomic E-state index is 14.9. The number of carbonyl (C=O) groups excluding carboxylic acids is 1. The molecule has 9 atom stereocenters. The average Bonchev–Trinajstić information content (AvgIpc) is 3.38. The lowest BCUT2D eigenvalue weighted by molar-refractivity contribution is -0.312. The first-order valence-electron chi connectivity index (χ1n) is 14.2. The minimum Gasteiger partial charge on any atom is -0.451 e. The molecular formula is C31H41FN2O6. The number of aliphatic hydroxyl groups is 2. The van der Waals surface area contributed by atoms with Crippen LogP contribution in [-0.4, -0.2) is 65.1 Å². The first-order valence-corrected chi connectivity index (χ1v) is 14.2. The molecule has 9 unspecified atom stereocenters. The van der Waals surface area contributed by atoms with Crippen LogP contribution in [0.1, 0.15) is 58.3 Å². The third-order valence-corrected chi connectivity index (χ3v) is 10.8. The molecule has 1 spiro atoms. The Morgan fingerprint density at radius 1 is 1.23 bits per heavy atom. The summed E-state index contributed by atoms with van der Waals surface area (Å²) in [5.74, 6) is -2.79. The molecule has 5 N–H and O–H groups in total. The van der Waals surface area contributed by atoms with Crippen LogP contribution in [0.4, 0.5) is 10.1 Å². The standard InChI is InChI=1S/C31H41FN2O6/c1-15-12-29-16(2)11-18-22(27(18,3)4)30(33,26(29)36)13-17-14-38-28(5,6)40-24(17)31(29,37)23(15)39-25(35)21-19(32)9-8-10-20(21)34-7/h8-10,12-13,16,18,22-24,26,34,36-37H,11,14,33H2,1-7H3. The number of rotatable bonds is 3. The molecule has 0 radical (unpaired) electrons. The summed E-state index contributed by atoms with van der Waals surface area (Å²) in [6.07, 6.45) is 0.955. The molecule has 8 nitrogen and oxygen atoms in total. The Kier molecular flexibility index (Phi) is 5.84. The number of aliphatic hydroxyl groups excluding tert-OH is 1. The van der Waals surface area contributed by atoms with Gasteiger partial charge in [-0.2, -0.15) is 0 Å². The number of esters is 1. The van der Waals surface area contributed by atoms with Crippen LogP contribution in [0.5, 0.6) is 0 Å². The normalized spacial score (nSPS) is 44.1. The van der Waals surface area contributed by atoms with Crippen LogP contribution in [0.2, 0.25) is 0 Å². The maximum atomic E-state index is 14.9. The fourth-order valence-corrected chi connectivity index (χ4v) is 8.94. The highest BCUT2D eigenvalue weighted by Gasteiger charge is 2.80. The van der Waals surface area contributed by atoms with Crippen molar-refractivity contribution in [3.8, 4) is 0 Å². The Hall–Kier alpha value is -2.30. The van der Waals surface area contributed by atoms with Gasteiger partial charge >= 0.3 is 5.97 Å². The maximum Gasteiger partial charge on any atom is 0.343 e. The molecule has 6 rings (SSSR count). The molecule has 40 heavy (non-hydrogen) atoms. The topological polar surface area (TPSA) is 123 Å². The van der Waals surface area contributed by atoms with Crippen molar-refractivity contribution in [1.29, 1.82) is 0 Å². The molecule has 5 aliphatic rings. The van der Waals surface area contributed by atoms with Crippen molar-refractivity contribution < 1.29 is 33.6 Å². The Balaban J connectivity index is 1.54. The number of ether oxygens (including phenoxy) is 3. The number of carbonyl (C=O) groups is 1. The molecule has 9 heteroatoms. The van der Waals surface area contributed by atoms with Crippen LogP contribution in [0.25, 0.3) is 0 Å². The molecule has 1 aromatic rings. The van der Waals surface area contributed by atoms with Gasteiger partial charge < -0.3 is 35.5 Å². The van der Waals surface area contributed by atoms with E-state index in [1.54, 1.807) is 33.9 Å². The van der Waals surface area contributed by atoms with Crippen LogP contribution in [0, 0.1) is 34.4 Å². The Morgan fingerprint density at radius 2 is 1.93 bits per heavy atom. The van der Waals surface area contributed by atoms with Crippen molar-refractivity contribution in [3.63, 3.8) is 0 Å². The predicted octanol–water partition coefficient (Wildman–Crippen LogP) is 3.53. The zero-order valence-electron chi connectivity index (χ0n) is 24.2. The summed E-state index contributed by atoms with van der Waals surface area (Å²) in [7, 11) is 1.59. The fourth-order valence-electron chi connectivity index (χ4n) is 8.94. The lowest BCUT2D eigenvalue weighted by atomic mass is 9.57. The predicted molar refractivity (Wildman–Crippen MR) is 147 cm³/mol. The van der Waals surface area contributed by atoms with Crippen molar-refractivity contribution in [2.24, 2.45) is 34.3 Å². The van der Waals surface area contributed by atoms with Gasteiger partial charge in [0.1, 0.15) is 23.1 Å². The quantitative estimate of drug-likeness (QED) is 0.330. The van der Waals surface area contributed by atoms with Gasteiger partial charge in [0, 0.05) is 7.05 Å². The highest BCUT2D eigenvalue weighted by Crippen LogP contribution is 2.73. The zero-order valence-corrected chi connectivity index (χ0v) is 24.2. The van der Waals surface area contributed by atoms with Gasteiger partial charge in [0.25, 0.3) is 0 Å². The zero-order chi connectivity index (χ0) is 29.2. The van der Waals surface area contributed by atoms with E-state index in [4.69, 9.17) is 19.9 Å². The molecule has 1 heterocycles. The van der Waals surface area contributed by atoms with Crippen LogP contribution in [0.15, 0.2) is 41.5 Å². The first-order chi connectivity index (χ1) is 18.6. The Bertz CT molecular complexity index is 1340. The molecule has 0 aromatic heterocycles. The molecule has 4 aliphatic carbocycles. The number of benzene rings is 1. The third-order valence-electron chi connectivity index (χ3n) is 10.8. The number of nitrogens with one attached hydrogen (secondary N) is 1. The largest absolute Gasteiger partial charge is 0.451 e. The van der Waals surface area contributed by atoms with E-state index in [0.717, 1.165) is 0 Å². The molecule has 2 saturated carbocycles. The van der Waals surface area contributed by atoms with Gasteiger partial charge in [-0.05, 0) is 73.6 Å². The number of hydrogen-bond acceptors (Lipinski definition) is 8. The summed E-state index contributed by atoms with van der Waals surface area (Å²) in [6, 6.07) is 4.27. The second-order valence-corrected chi connectivity index (χ2v) is 13.7. The summed E-state index contributed by atoms with van der Waals surface area (Å²) < 4.78 is 33.5. The molecule has 0 amide bonds. The first kappa shape index (κ1) is 27.8. The number of hydrogen-bond donors (Lipinski definition) is 4. The van der Waals surface area contributed by atoms with Gasteiger partial charge in [0.05, 0.1) is 29.4 Å². The van der Waals surface area contributed by atoms with Gasteiger partial charge in [-0.3, -0.25) is 0 Å². The number of nitrogens with two attached hydrogens (primary N) is 1. The Labute approximate surface area is 234 Å². The average molecular weight is 557 g/mol. The molecular weight excluding hydrogens is 515 g/mol. The van der Waals surface area contributed by atoms with Gasteiger partial charge in [0.15, 0.2) is 11.9 Å². The van der Waals surface area contributed by atoms with Crippen LogP contribution >= 0.6 is 0 Å². The Morgan fingerprint density at radius 3 is 2.60 bits per heavy atom. The molecule has 2 bridgehead atoms. The van der Waals surface area contributed by atoms with Crippen LogP contribution in [0.3, 0.4) is 0 Å². The van der Waals surface area contributed by atoms with E-state index in [1.807, 2.05) is 19.1 Å². The molecule has 1 saturated heterocycles. The number of anilines is 1. The van der Waals surface area contributed by atoms with E-state index in [1.165, 1.54) is 12.1 Å². The van der Waals surface area contributed by atoms with Gasteiger partial charge in [0.2, 0.25) is 0 Å². The van der Waals surface area contributed by atoms with Crippen molar-refractivity contribution in [2.45, 2.75) is 83.2 Å². The number of halogens is 1. The van der Waals surface area contributed by atoms with E-state index in [0.29, 0.717) is 17.6 Å². The van der Waals surface area contributed by atoms with Gasteiger partial charge in [-0.15, -0.1) is 0 Å². The highest BCUT2D eigenvalue weighted by molar-refractivity contribution is 5.96. The lowest BCUT2D eigenvalue weighted by Crippen LogP contribution is -2.71. The summed E-state index contributed by atoms with van der Waals surface area (Å²) in [4.78, 5) is 13.6. The molecule has 1 aliphatic heterocycles. The van der Waals surface area contributed by atoms with Crippen molar-refractivity contribution in [3.05, 3.63) is 52.9 Å². The van der Waals surface area contributed by atoms with Crippen LogP contribution < -0.4 is 11.1 Å². The monoisotopic (exact) mass is 556 g/mol. The molecule has 3 fully saturated rings. The SMILES string of the molecule is CNc1cccc(F)c1C(=O)OC1C(C)=CC23C(C)CC4C(C4(C)C)C(N)(C=C4COC(C)(C)OC4C12O)C3O. The third kappa shape index (κ3) is 3.33. The fraction of sp³-hybridized carbons (Fsp3) is 0.645. The summed E-state index contributed by atoms with van der Waals surface area (Å²) in [5, 5.41) is 28.5. The second-order valence-electron chi connectivity index (χ2n) is 13.7. The summed E-state index contributed by atoms with van der Waals surface area (Å²) >= 11 is 0.